The lowest BCUT2D eigenvalue weighted by molar-refractivity contribution is -0.310. The van der Waals surface area contributed by atoms with E-state index in [-0.39, 0.29) is 48.4 Å². The molecule has 2 aliphatic carbocycles. The molecule has 0 saturated carbocycles. The molecule has 11 atom stereocenters. The number of phenols is 3. The van der Waals surface area contributed by atoms with Crippen molar-refractivity contribution in [3.8, 4) is 17.2 Å². The lowest BCUT2D eigenvalue weighted by Gasteiger charge is -2.48. The number of likely N-dealkylation sites (N-methyl/N-ethyl adjacent to an activating group) is 1. The topological polar surface area (TPSA) is 222 Å². The van der Waals surface area contributed by atoms with Gasteiger partial charge in [-0.15, -0.1) is 0 Å². The Hall–Kier alpha value is -3.67. The van der Waals surface area contributed by atoms with Crippen LogP contribution < -0.4 is 0 Å². The Labute approximate surface area is 294 Å². The van der Waals surface area contributed by atoms with E-state index < -0.39 is 112 Å². The van der Waals surface area contributed by atoms with E-state index in [1.54, 1.807) is 20.8 Å². The quantitative estimate of drug-likeness (QED) is 0.152. The maximum absolute atomic E-state index is 13.9. The molecule has 0 amide bonds. The molecule has 2 fully saturated rings. The Morgan fingerprint density at radius 2 is 1.55 bits per heavy atom. The van der Waals surface area contributed by atoms with Gasteiger partial charge in [0.15, 0.2) is 18.4 Å². The van der Waals surface area contributed by atoms with Crippen LogP contribution in [0.25, 0.3) is 0 Å². The molecular weight excluding hydrogens is 670 g/mol. The van der Waals surface area contributed by atoms with Crippen molar-refractivity contribution in [2.45, 2.75) is 113 Å². The third-order valence-corrected chi connectivity index (χ3v) is 10.8. The minimum Gasteiger partial charge on any atom is -0.507 e. The van der Waals surface area contributed by atoms with E-state index in [4.69, 9.17) is 23.7 Å². The van der Waals surface area contributed by atoms with Gasteiger partial charge in [-0.05, 0) is 58.1 Å². The molecule has 0 aromatic heterocycles. The maximum atomic E-state index is 13.9. The largest absolute Gasteiger partial charge is 0.507 e. The molecule has 2 saturated heterocycles. The summed E-state index contributed by atoms with van der Waals surface area (Å²) >= 11 is 0. The highest BCUT2D eigenvalue weighted by atomic mass is 16.7. The molecule has 2 aliphatic heterocycles. The van der Waals surface area contributed by atoms with E-state index in [1.807, 2.05) is 19.0 Å². The van der Waals surface area contributed by atoms with Gasteiger partial charge < -0.3 is 59.2 Å². The molecular formula is C36H45NO14. The zero-order valence-electron chi connectivity index (χ0n) is 29.2. The summed E-state index contributed by atoms with van der Waals surface area (Å²) in [4.78, 5) is 42.9. The number of hydrogen-bond donors (Lipinski definition) is 6. The van der Waals surface area contributed by atoms with Gasteiger partial charge >= 0.3 is 5.97 Å². The highest BCUT2D eigenvalue weighted by Crippen LogP contribution is 2.54. The summed E-state index contributed by atoms with van der Waals surface area (Å²) in [5.74, 6) is -5.85. The van der Waals surface area contributed by atoms with Gasteiger partial charge in [0.1, 0.15) is 35.4 Å². The predicted octanol–water partition coefficient (Wildman–Crippen LogP) is 1.74. The van der Waals surface area contributed by atoms with Crippen LogP contribution in [0.4, 0.5) is 0 Å². The summed E-state index contributed by atoms with van der Waals surface area (Å²) in [5.41, 5.74) is -3.53. The molecule has 278 valence electrons. The first-order valence-corrected chi connectivity index (χ1v) is 17.0. The number of carbonyl (C=O) groups excluding carboxylic acids is 3. The Morgan fingerprint density at radius 3 is 2.14 bits per heavy atom. The van der Waals surface area contributed by atoms with Crippen LogP contribution in [0, 0.1) is 0 Å². The third kappa shape index (κ3) is 6.18. The van der Waals surface area contributed by atoms with Crippen LogP contribution in [-0.2, 0) is 28.5 Å². The summed E-state index contributed by atoms with van der Waals surface area (Å²) in [7, 11) is 4.83. The molecule has 0 spiro atoms. The van der Waals surface area contributed by atoms with Crippen LogP contribution in [-0.4, -0.2) is 129 Å². The first-order valence-electron chi connectivity index (χ1n) is 17.0. The Kier molecular flexibility index (Phi) is 9.97. The number of fused-ring (bicyclic) bond motifs is 3. The molecule has 2 heterocycles. The fourth-order valence-electron chi connectivity index (χ4n) is 8.03. The average molecular weight is 716 g/mol. The second-order valence-corrected chi connectivity index (χ2v) is 14.1. The van der Waals surface area contributed by atoms with Crippen LogP contribution >= 0.6 is 0 Å². The van der Waals surface area contributed by atoms with Gasteiger partial charge in [-0.1, -0.05) is 6.92 Å². The second-order valence-electron chi connectivity index (χ2n) is 14.1. The van der Waals surface area contributed by atoms with Crippen molar-refractivity contribution in [1.82, 2.24) is 4.90 Å². The number of ketones is 2. The first kappa shape index (κ1) is 37.1. The van der Waals surface area contributed by atoms with E-state index in [1.165, 1.54) is 6.07 Å². The standard InChI is InChI=1S/C36H45NO14/c1-7-36(46)13-22(50-23-11-18(37(4)5)34(15(3)49-23)51-24-12-21(40)30(41)14(2)48-24)25-16(29(36)35(45)47-6)10-17-26(32(25)43)33(44)28-20(39)9-8-19(38)27(28)31(17)42/h8-10,14-15,18,21-24,29-30,34,38-41,43,46H,7,11-13H2,1-6H3/t14-,15+,18+,21+,22+,23+,24-,29+,30+,34-,36+/m1/s1. The van der Waals surface area contributed by atoms with Crippen LogP contribution in [0.5, 0.6) is 17.2 Å². The minimum absolute atomic E-state index is 0.00137. The van der Waals surface area contributed by atoms with Gasteiger partial charge in [-0.25, -0.2) is 0 Å². The molecule has 6 N–H and O–H groups in total. The van der Waals surface area contributed by atoms with Crippen molar-refractivity contribution in [2.24, 2.45) is 0 Å². The molecule has 0 radical (unpaired) electrons. The number of aromatic hydroxyl groups is 3. The third-order valence-electron chi connectivity index (χ3n) is 10.8. The highest BCUT2D eigenvalue weighted by molar-refractivity contribution is 6.31. The number of nitrogens with zero attached hydrogens (tertiary/aromatic N) is 1. The van der Waals surface area contributed by atoms with E-state index in [0.717, 1.165) is 19.2 Å². The molecule has 0 unspecified atom stereocenters. The molecule has 2 aromatic rings. The van der Waals surface area contributed by atoms with Crippen molar-refractivity contribution in [1.29, 1.82) is 0 Å². The molecule has 15 heteroatoms. The van der Waals surface area contributed by atoms with E-state index >= 15 is 0 Å². The molecule has 4 aliphatic rings. The Balaban J connectivity index is 1.39. The van der Waals surface area contributed by atoms with Crippen molar-refractivity contribution in [3.63, 3.8) is 0 Å². The SMILES string of the molecule is CC[C@]1(O)C[C@H](O[C@H]2C[C@H](N(C)C)[C@H](O[C@@H]3C[C@H](O)[C@@H](O)[C@@H](C)O3)[C@H](C)O2)c2c(cc3c(c2O)C(=O)c2c(O)ccc(O)c2C3=O)[C@H]1C(=O)OC. The van der Waals surface area contributed by atoms with Crippen LogP contribution in [0.15, 0.2) is 18.2 Å². The number of phenolic OH excluding ortho intramolecular Hbond substituents is 3. The van der Waals surface area contributed by atoms with Crippen LogP contribution in [0.2, 0.25) is 0 Å². The zero-order chi connectivity index (χ0) is 37.3. The number of hydrogen-bond acceptors (Lipinski definition) is 15. The number of carbonyl (C=O) groups is 3. The normalized spacial score (nSPS) is 34.9. The molecule has 6 rings (SSSR count). The highest BCUT2D eigenvalue weighted by Gasteiger charge is 2.53. The average Bonchev–Trinajstić information content (AvgIpc) is 3.07. The van der Waals surface area contributed by atoms with Crippen molar-refractivity contribution in [2.75, 3.05) is 21.2 Å². The monoisotopic (exact) mass is 715 g/mol. The zero-order valence-corrected chi connectivity index (χ0v) is 29.2. The van der Waals surface area contributed by atoms with E-state index in [2.05, 4.69) is 0 Å². The maximum Gasteiger partial charge on any atom is 0.316 e. The van der Waals surface area contributed by atoms with Gasteiger partial charge in [0.2, 0.25) is 5.78 Å². The van der Waals surface area contributed by atoms with Gasteiger partial charge in [0.05, 0.1) is 53.8 Å². The first-order chi connectivity index (χ1) is 24.0. The number of aliphatic hydroxyl groups is 3. The molecule has 2 aromatic carbocycles. The fourth-order valence-corrected chi connectivity index (χ4v) is 8.03. The number of rotatable bonds is 7. The molecule has 15 nitrogen and oxygen atoms in total. The van der Waals surface area contributed by atoms with Crippen molar-refractivity contribution >= 4 is 17.5 Å². The molecule has 0 bridgehead atoms. The summed E-state index contributed by atoms with van der Waals surface area (Å²) in [6.45, 7) is 5.08. The van der Waals surface area contributed by atoms with Gasteiger partial charge in [0, 0.05) is 36.4 Å². The van der Waals surface area contributed by atoms with Gasteiger partial charge in [-0.2, -0.15) is 0 Å². The summed E-state index contributed by atoms with van der Waals surface area (Å²) in [6.07, 6.45) is -6.80. The molecule has 51 heavy (non-hydrogen) atoms. The lowest BCUT2D eigenvalue weighted by atomic mass is 9.67. The summed E-state index contributed by atoms with van der Waals surface area (Å²) < 4.78 is 30.0. The minimum atomic E-state index is -1.79. The van der Waals surface area contributed by atoms with Crippen LogP contribution in [0.1, 0.15) is 101 Å². The Bertz CT molecular complexity index is 1720. The van der Waals surface area contributed by atoms with Gasteiger partial charge in [-0.3, -0.25) is 14.4 Å². The van der Waals surface area contributed by atoms with Crippen molar-refractivity contribution in [3.05, 3.63) is 51.6 Å². The number of esters is 1. The van der Waals surface area contributed by atoms with E-state index in [0.29, 0.717) is 0 Å². The number of aliphatic hydroxyl groups excluding tert-OH is 2. The number of ether oxygens (including phenoxy) is 5. The second kappa shape index (κ2) is 13.7. The summed E-state index contributed by atoms with van der Waals surface area (Å²) in [5, 5.41) is 65.4. The van der Waals surface area contributed by atoms with Crippen LogP contribution in [0.3, 0.4) is 0 Å². The van der Waals surface area contributed by atoms with E-state index in [9.17, 15) is 45.0 Å². The van der Waals surface area contributed by atoms with Gasteiger partial charge in [0.25, 0.3) is 0 Å². The number of benzene rings is 2. The smallest absolute Gasteiger partial charge is 0.316 e. The summed E-state index contributed by atoms with van der Waals surface area (Å²) in [6, 6.07) is 3.04. The van der Waals surface area contributed by atoms with Crippen molar-refractivity contribution < 1.29 is 68.7 Å². The Morgan fingerprint density at radius 1 is 0.941 bits per heavy atom. The fraction of sp³-hybridized carbons (Fsp3) is 0.583. The number of methoxy groups -OCH3 is 1. The lowest BCUT2D eigenvalue weighted by Crippen LogP contribution is -2.57. The predicted molar refractivity (Wildman–Crippen MR) is 175 cm³/mol.